The minimum absolute atomic E-state index is 0.329. The molecular weight excluding hydrogens is 339 g/mol. The first kappa shape index (κ1) is 13.5. The van der Waals surface area contributed by atoms with Crippen LogP contribution in [0.4, 0.5) is 5.69 Å². The van der Waals surface area contributed by atoms with Crippen molar-refractivity contribution in [3.63, 3.8) is 0 Å². The van der Waals surface area contributed by atoms with Crippen molar-refractivity contribution >= 4 is 44.8 Å². The number of halogens is 3. The molecule has 0 aliphatic heterocycles. The molecule has 3 nitrogen and oxygen atoms in total. The first-order valence-corrected chi connectivity index (χ1v) is 6.58. The molecule has 0 aliphatic rings. The quantitative estimate of drug-likeness (QED) is 0.841. The van der Waals surface area contributed by atoms with Crippen LogP contribution in [0, 0.1) is 0 Å². The van der Waals surface area contributed by atoms with E-state index in [1.165, 1.54) is 0 Å². The average Bonchev–Trinajstić information content (AvgIpc) is 2.27. The molecule has 0 atom stereocenters. The van der Waals surface area contributed by atoms with E-state index in [4.69, 9.17) is 33.7 Å². The van der Waals surface area contributed by atoms with Crippen LogP contribution >= 0.6 is 39.1 Å². The lowest BCUT2D eigenvalue weighted by atomic mass is 10.3. The molecule has 0 spiro atoms. The first-order chi connectivity index (χ1) is 8.56. The van der Waals surface area contributed by atoms with Crippen LogP contribution < -0.4 is 10.5 Å². The van der Waals surface area contributed by atoms with Gasteiger partial charge in [0.25, 0.3) is 0 Å². The van der Waals surface area contributed by atoms with Crippen LogP contribution in [0.2, 0.25) is 10.0 Å². The number of benzene rings is 1. The van der Waals surface area contributed by atoms with Crippen LogP contribution in [0.25, 0.3) is 0 Å². The molecule has 1 aromatic carbocycles. The molecule has 0 amide bonds. The lowest BCUT2D eigenvalue weighted by Gasteiger charge is -2.10. The Bertz CT molecular complexity index is 555. The number of nitrogens with two attached hydrogens (primary N) is 1. The van der Waals surface area contributed by atoms with E-state index in [1.807, 2.05) is 6.07 Å². The zero-order valence-electron chi connectivity index (χ0n) is 9.16. The number of rotatable bonds is 3. The second kappa shape index (κ2) is 5.78. The van der Waals surface area contributed by atoms with Gasteiger partial charge in [-0.05, 0) is 34.1 Å². The lowest BCUT2D eigenvalue weighted by molar-refractivity contribution is 0.306. The van der Waals surface area contributed by atoms with Gasteiger partial charge in [0.1, 0.15) is 6.61 Å². The Morgan fingerprint density at radius 1 is 1.17 bits per heavy atom. The van der Waals surface area contributed by atoms with Crippen LogP contribution in [0.5, 0.6) is 5.75 Å². The molecule has 0 unspecified atom stereocenters. The highest BCUT2D eigenvalue weighted by atomic mass is 79.9. The van der Waals surface area contributed by atoms with Crippen molar-refractivity contribution in [1.29, 1.82) is 0 Å². The molecule has 2 N–H and O–H groups in total. The van der Waals surface area contributed by atoms with Gasteiger partial charge in [-0.25, -0.2) is 0 Å². The molecular formula is C12H9BrCl2N2O. The summed E-state index contributed by atoms with van der Waals surface area (Å²) < 4.78 is 6.47. The Morgan fingerprint density at radius 3 is 2.44 bits per heavy atom. The third kappa shape index (κ3) is 3.28. The fourth-order valence-corrected chi connectivity index (χ4v) is 2.43. The second-order valence-corrected chi connectivity index (χ2v) is 5.34. The fourth-order valence-electron chi connectivity index (χ4n) is 1.41. The molecule has 0 saturated heterocycles. The van der Waals surface area contributed by atoms with Gasteiger partial charge in [0.15, 0.2) is 5.75 Å². The number of hydrogen-bond donors (Lipinski definition) is 1. The first-order valence-electron chi connectivity index (χ1n) is 5.03. The van der Waals surface area contributed by atoms with Gasteiger partial charge < -0.3 is 10.5 Å². The summed E-state index contributed by atoms with van der Waals surface area (Å²) in [7, 11) is 0. The molecule has 0 saturated carbocycles. The molecule has 0 radical (unpaired) electrons. The topological polar surface area (TPSA) is 48.1 Å². The molecule has 2 rings (SSSR count). The number of hydrogen-bond acceptors (Lipinski definition) is 3. The minimum atomic E-state index is 0.329. The lowest BCUT2D eigenvalue weighted by Crippen LogP contribution is -1.98. The summed E-state index contributed by atoms with van der Waals surface area (Å²) in [6.07, 6.45) is 3.41. The number of ether oxygens (including phenoxy) is 1. The van der Waals surface area contributed by atoms with Crippen LogP contribution in [0.3, 0.4) is 0 Å². The molecule has 2 aromatic rings. The van der Waals surface area contributed by atoms with Crippen LogP contribution in [-0.4, -0.2) is 4.98 Å². The molecule has 6 heteroatoms. The molecule has 0 fully saturated rings. The summed E-state index contributed by atoms with van der Waals surface area (Å²) in [5.74, 6) is 0.424. The van der Waals surface area contributed by atoms with E-state index >= 15 is 0 Å². The Hall–Kier alpha value is -0.970. The van der Waals surface area contributed by atoms with Gasteiger partial charge in [0.05, 0.1) is 10.0 Å². The highest BCUT2D eigenvalue weighted by molar-refractivity contribution is 9.10. The number of pyridine rings is 1. The zero-order chi connectivity index (χ0) is 13.1. The van der Waals surface area contributed by atoms with Crippen molar-refractivity contribution in [3.8, 4) is 5.75 Å². The maximum Gasteiger partial charge on any atom is 0.157 e. The number of nitrogen functional groups attached to an aromatic ring is 1. The molecule has 0 aliphatic carbocycles. The van der Waals surface area contributed by atoms with E-state index in [-0.39, 0.29) is 0 Å². The summed E-state index contributed by atoms with van der Waals surface area (Å²) in [4.78, 5) is 4.04. The highest BCUT2D eigenvalue weighted by Crippen LogP contribution is 2.35. The fraction of sp³-hybridized carbons (Fsp3) is 0.0833. The summed E-state index contributed by atoms with van der Waals surface area (Å²) in [6.45, 7) is 0.329. The standard InChI is InChI=1S/C12H9BrCl2N2O/c13-8-1-7(4-17-5-8)6-18-12-10(14)2-9(16)3-11(12)15/h1-5H,6,16H2. The Balaban J connectivity index is 2.16. The van der Waals surface area contributed by atoms with E-state index in [0.29, 0.717) is 28.1 Å². The molecule has 18 heavy (non-hydrogen) atoms. The monoisotopic (exact) mass is 346 g/mol. The van der Waals surface area contributed by atoms with Crippen molar-refractivity contribution in [3.05, 3.63) is 50.7 Å². The smallest absolute Gasteiger partial charge is 0.157 e. The Kier molecular flexibility index (Phi) is 4.32. The molecule has 0 bridgehead atoms. The van der Waals surface area contributed by atoms with E-state index in [1.54, 1.807) is 24.5 Å². The number of nitrogens with zero attached hydrogens (tertiary/aromatic N) is 1. The molecule has 1 aromatic heterocycles. The van der Waals surface area contributed by atoms with Crippen LogP contribution in [0.15, 0.2) is 35.1 Å². The summed E-state index contributed by atoms with van der Waals surface area (Å²) in [5.41, 5.74) is 7.03. The van der Waals surface area contributed by atoms with E-state index < -0.39 is 0 Å². The van der Waals surface area contributed by atoms with Gasteiger partial charge in [-0.2, -0.15) is 0 Å². The zero-order valence-corrected chi connectivity index (χ0v) is 12.3. The SMILES string of the molecule is Nc1cc(Cl)c(OCc2cncc(Br)c2)c(Cl)c1. The van der Waals surface area contributed by atoms with Crippen LogP contribution in [0.1, 0.15) is 5.56 Å². The summed E-state index contributed by atoms with van der Waals surface area (Å²) >= 11 is 15.4. The predicted molar refractivity (Wildman–Crippen MR) is 77.1 cm³/mol. The van der Waals surface area contributed by atoms with Crippen molar-refractivity contribution in [1.82, 2.24) is 4.98 Å². The largest absolute Gasteiger partial charge is 0.486 e. The summed E-state index contributed by atoms with van der Waals surface area (Å²) in [5, 5.41) is 0.783. The number of aromatic nitrogens is 1. The van der Waals surface area contributed by atoms with Gasteiger partial charge in [0.2, 0.25) is 0 Å². The normalized spacial score (nSPS) is 10.4. The van der Waals surface area contributed by atoms with Crippen molar-refractivity contribution in [2.24, 2.45) is 0 Å². The van der Waals surface area contributed by atoms with Crippen molar-refractivity contribution in [2.75, 3.05) is 5.73 Å². The number of anilines is 1. The van der Waals surface area contributed by atoms with Gasteiger partial charge in [-0.3, -0.25) is 4.98 Å². The predicted octanol–water partition coefficient (Wildman–Crippen LogP) is 4.31. The molecule has 1 heterocycles. The van der Waals surface area contributed by atoms with Gasteiger partial charge in [0, 0.05) is 28.1 Å². The van der Waals surface area contributed by atoms with Gasteiger partial charge >= 0.3 is 0 Å². The Labute approximate surface area is 123 Å². The van der Waals surface area contributed by atoms with Crippen LogP contribution in [-0.2, 0) is 6.61 Å². The van der Waals surface area contributed by atoms with Crippen molar-refractivity contribution in [2.45, 2.75) is 6.61 Å². The highest BCUT2D eigenvalue weighted by Gasteiger charge is 2.09. The molecule has 94 valence electrons. The second-order valence-electron chi connectivity index (χ2n) is 3.61. The van der Waals surface area contributed by atoms with E-state index in [9.17, 15) is 0 Å². The Morgan fingerprint density at radius 2 is 1.83 bits per heavy atom. The van der Waals surface area contributed by atoms with E-state index in [2.05, 4.69) is 20.9 Å². The maximum atomic E-state index is 6.02. The maximum absolute atomic E-state index is 6.02. The third-order valence-electron chi connectivity index (χ3n) is 2.17. The summed E-state index contributed by atoms with van der Waals surface area (Å²) in [6, 6.07) is 5.11. The minimum Gasteiger partial charge on any atom is -0.486 e. The van der Waals surface area contributed by atoms with E-state index in [0.717, 1.165) is 10.0 Å². The average molecular weight is 348 g/mol. The van der Waals surface area contributed by atoms with Crippen molar-refractivity contribution < 1.29 is 4.74 Å². The third-order valence-corrected chi connectivity index (χ3v) is 3.16. The van der Waals surface area contributed by atoms with Gasteiger partial charge in [-0.15, -0.1) is 0 Å². The van der Waals surface area contributed by atoms with Gasteiger partial charge in [-0.1, -0.05) is 23.2 Å².